The lowest BCUT2D eigenvalue weighted by molar-refractivity contribution is -0.138. The number of furan rings is 1. The molecule has 0 saturated carbocycles. The lowest BCUT2D eigenvalue weighted by atomic mass is 10.1. The summed E-state index contributed by atoms with van der Waals surface area (Å²) in [5.74, 6) is -0.0805. The van der Waals surface area contributed by atoms with Crippen LogP contribution in [0.25, 0.3) is 23.5 Å². The third-order valence-electron chi connectivity index (χ3n) is 3.42. The minimum Gasteiger partial charge on any atom is -0.456 e. The maximum atomic E-state index is 13.3. The summed E-state index contributed by atoms with van der Waals surface area (Å²) < 4.78 is 45.2. The van der Waals surface area contributed by atoms with Gasteiger partial charge < -0.3 is 4.42 Å². The van der Waals surface area contributed by atoms with Crippen molar-refractivity contribution in [3.63, 3.8) is 0 Å². The molecule has 1 nitrogen and oxygen atoms in total. The molecule has 0 aliphatic heterocycles. The molecule has 0 bridgehead atoms. The van der Waals surface area contributed by atoms with E-state index < -0.39 is 11.7 Å². The van der Waals surface area contributed by atoms with Gasteiger partial charge in [0.25, 0.3) is 0 Å². The van der Waals surface area contributed by atoms with Crippen molar-refractivity contribution < 1.29 is 17.6 Å². The molecule has 24 heavy (non-hydrogen) atoms. The standard InChI is InChI=1S/C19H12ClF3O/c20-15-9-7-14(8-10-15)18-12-16(19(21,22)23)17(24-18)11-6-13-4-2-1-3-5-13/h1-12H/b11-6+. The fraction of sp³-hybridized carbons (Fsp3) is 0.0526. The van der Waals surface area contributed by atoms with Crippen LogP contribution in [0.2, 0.25) is 5.02 Å². The Hall–Kier alpha value is -2.46. The molecule has 1 aromatic heterocycles. The van der Waals surface area contributed by atoms with Crippen LogP contribution in [0.15, 0.2) is 65.1 Å². The zero-order valence-corrected chi connectivity index (χ0v) is 13.1. The number of hydrogen-bond acceptors (Lipinski definition) is 1. The highest BCUT2D eigenvalue weighted by atomic mass is 35.5. The van der Waals surface area contributed by atoms with Gasteiger partial charge in [-0.3, -0.25) is 0 Å². The SMILES string of the molecule is FC(F)(F)c1cc(-c2ccc(Cl)cc2)oc1/C=C/c1ccccc1. The molecule has 3 aromatic rings. The van der Waals surface area contributed by atoms with Gasteiger partial charge in [-0.15, -0.1) is 0 Å². The predicted octanol–water partition coefficient (Wildman–Crippen LogP) is 6.79. The van der Waals surface area contributed by atoms with E-state index >= 15 is 0 Å². The van der Waals surface area contributed by atoms with Gasteiger partial charge in [-0.25, -0.2) is 0 Å². The van der Waals surface area contributed by atoms with Crippen LogP contribution in [0, 0.1) is 0 Å². The molecule has 1 heterocycles. The minimum atomic E-state index is -4.50. The lowest BCUT2D eigenvalue weighted by Gasteiger charge is -2.03. The van der Waals surface area contributed by atoms with E-state index in [9.17, 15) is 13.2 Å². The van der Waals surface area contributed by atoms with Crippen molar-refractivity contribution in [2.75, 3.05) is 0 Å². The van der Waals surface area contributed by atoms with Crippen molar-refractivity contribution in [2.24, 2.45) is 0 Å². The summed E-state index contributed by atoms with van der Waals surface area (Å²) in [7, 11) is 0. The van der Waals surface area contributed by atoms with E-state index in [2.05, 4.69) is 0 Å². The van der Waals surface area contributed by atoms with Gasteiger partial charge in [0.05, 0.1) is 0 Å². The molecule has 3 rings (SSSR count). The largest absolute Gasteiger partial charge is 0.456 e. The maximum absolute atomic E-state index is 13.3. The van der Waals surface area contributed by atoms with Gasteiger partial charge in [-0.2, -0.15) is 13.2 Å². The summed E-state index contributed by atoms with van der Waals surface area (Å²) >= 11 is 5.80. The molecule has 0 atom stereocenters. The molecule has 5 heteroatoms. The molecule has 0 fully saturated rings. The second-order valence-corrected chi connectivity index (χ2v) is 5.57. The molecule has 0 N–H and O–H groups in total. The van der Waals surface area contributed by atoms with Gasteiger partial charge in [-0.05, 0) is 42.0 Å². The van der Waals surface area contributed by atoms with Crippen LogP contribution in [0.3, 0.4) is 0 Å². The van der Waals surface area contributed by atoms with Crippen LogP contribution in [0.4, 0.5) is 13.2 Å². The van der Waals surface area contributed by atoms with Crippen molar-refractivity contribution in [2.45, 2.75) is 6.18 Å². The molecule has 0 aliphatic carbocycles. The summed E-state index contributed by atoms with van der Waals surface area (Å²) in [6, 6.07) is 16.5. The Kier molecular flexibility index (Phi) is 4.49. The predicted molar refractivity (Wildman–Crippen MR) is 89.5 cm³/mol. The second kappa shape index (κ2) is 6.57. The van der Waals surface area contributed by atoms with Crippen LogP contribution < -0.4 is 0 Å². The third-order valence-corrected chi connectivity index (χ3v) is 3.67. The van der Waals surface area contributed by atoms with Crippen molar-refractivity contribution in [3.8, 4) is 11.3 Å². The molecular formula is C19H12ClF3O. The summed E-state index contributed by atoms with van der Waals surface area (Å²) in [6.07, 6.45) is -1.58. The number of benzene rings is 2. The number of alkyl halides is 3. The first kappa shape index (κ1) is 16.4. The van der Waals surface area contributed by atoms with Crippen molar-refractivity contribution in [1.82, 2.24) is 0 Å². The fourth-order valence-corrected chi connectivity index (χ4v) is 2.37. The van der Waals surface area contributed by atoms with E-state index in [1.165, 1.54) is 6.08 Å². The Morgan fingerprint density at radius 3 is 2.17 bits per heavy atom. The van der Waals surface area contributed by atoms with Gasteiger partial charge in [0.1, 0.15) is 17.1 Å². The van der Waals surface area contributed by atoms with Crippen molar-refractivity contribution in [3.05, 3.63) is 82.6 Å². The van der Waals surface area contributed by atoms with Gasteiger partial charge >= 0.3 is 6.18 Å². The van der Waals surface area contributed by atoms with Crippen LogP contribution in [0.1, 0.15) is 16.9 Å². The van der Waals surface area contributed by atoms with E-state index in [0.29, 0.717) is 10.6 Å². The molecular weight excluding hydrogens is 337 g/mol. The molecule has 0 spiro atoms. The van der Waals surface area contributed by atoms with Crippen LogP contribution >= 0.6 is 11.6 Å². The number of halogens is 4. The highest BCUT2D eigenvalue weighted by Gasteiger charge is 2.36. The average molecular weight is 349 g/mol. The Balaban J connectivity index is 2.01. The zero-order chi connectivity index (χ0) is 17.2. The fourth-order valence-electron chi connectivity index (χ4n) is 2.24. The molecule has 0 unspecified atom stereocenters. The quantitative estimate of drug-likeness (QED) is 0.508. The zero-order valence-electron chi connectivity index (χ0n) is 12.3. The molecule has 0 radical (unpaired) electrons. The first-order valence-electron chi connectivity index (χ1n) is 7.13. The van der Waals surface area contributed by atoms with Crippen LogP contribution in [-0.4, -0.2) is 0 Å². The lowest BCUT2D eigenvalue weighted by Crippen LogP contribution is -2.04. The Morgan fingerprint density at radius 2 is 1.54 bits per heavy atom. The first-order valence-corrected chi connectivity index (χ1v) is 7.51. The monoisotopic (exact) mass is 348 g/mol. The maximum Gasteiger partial charge on any atom is 0.420 e. The van der Waals surface area contributed by atoms with E-state index in [4.69, 9.17) is 16.0 Å². The van der Waals surface area contributed by atoms with Crippen LogP contribution in [0.5, 0.6) is 0 Å². The number of rotatable bonds is 3. The van der Waals surface area contributed by atoms with Crippen molar-refractivity contribution in [1.29, 1.82) is 0 Å². The van der Waals surface area contributed by atoms with E-state index in [0.717, 1.165) is 11.6 Å². The minimum absolute atomic E-state index is 0.145. The summed E-state index contributed by atoms with van der Waals surface area (Å²) in [4.78, 5) is 0. The Morgan fingerprint density at radius 1 is 0.875 bits per heavy atom. The third kappa shape index (κ3) is 3.71. The molecule has 0 saturated heterocycles. The Bertz CT molecular complexity index is 847. The smallest absolute Gasteiger partial charge is 0.420 e. The van der Waals surface area contributed by atoms with E-state index in [1.54, 1.807) is 42.5 Å². The molecule has 122 valence electrons. The average Bonchev–Trinajstić information content (AvgIpc) is 2.99. The molecule has 2 aromatic carbocycles. The topological polar surface area (TPSA) is 13.1 Å². The van der Waals surface area contributed by atoms with Gasteiger partial charge in [0.15, 0.2) is 0 Å². The summed E-state index contributed by atoms with van der Waals surface area (Å²) in [6.45, 7) is 0. The van der Waals surface area contributed by atoms with E-state index in [1.807, 2.05) is 18.2 Å². The van der Waals surface area contributed by atoms with Gasteiger partial charge in [0, 0.05) is 10.6 Å². The second-order valence-electron chi connectivity index (χ2n) is 5.14. The molecule has 0 amide bonds. The highest BCUT2D eigenvalue weighted by Crippen LogP contribution is 2.38. The van der Waals surface area contributed by atoms with Crippen LogP contribution in [-0.2, 0) is 6.18 Å². The first-order chi connectivity index (χ1) is 11.4. The highest BCUT2D eigenvalue weighted by molar-refractivity contribution is 6.30. The van der Waals surface area contributed by atoms with Gasteiger partial charge in [-0.1, -0.05) is 48.0 Å². The summed E-state index contributed by atoms with van der Waals surface area (Å²) in [5.41, 5.74) is 0.513. The number of hydrogen-bond donors (Lipinski definition) is 0. The molecule has 0 aliphatic rings. The van der Waals surface area contributed by atoms with Gasteiger partial charge in [0.2, 0.25) is 0 Å². The van der Waals surface area contributed by atoms with E-state index in [-0.39, 0.29) is 11.5 Å². The normalized spacial score (nSPS) is 12.0. The summed E-state index contributed by atoms with van der Waals surface area (Å²) in [5, 5.41) is 0.505. The Labute approximate surface area is 142 Å². The van der Waals surface area contributed by atoms with Crippen molar-refractivity contribution >= 4 is 23.8 Å².